The fourth-order valence-electron chi connectivity index (χ4n) is 3.72. The van der Waals surface area contributed by atoms with Crippen molar-refractivity contribution in [1.29, 1.82) is 0 Å². The van der Waals surface area contributed by atoms with Gasteiger partial charge in [0.2, 0.25) is 0 Å². The SMILES string of the molecule is Cc1c(C(=O)N2CCCC2)cccc1-n1c(N)c2c(cc1=O)C(=O)NC2=O. The molecule has 1 saturated heterocycles. The van der Waals surface area contributed by atoms with Gasteiger partial charge in [0, 0.05) is 24.7 Å². The van der Waals surface area contributed by atoms with E-state index in [0.717, 1.165) is 18.9 Å². The summed E-state index contributed by atoms with van der Waals surface area (Å²) in [6.07, 6.45) is 1.95. The first kappa shape index (κ1) is 17.0. The third-order valence-corrected chi connectivity index (χ3v) is 5.12. The van der Waals surface area contributed by atoms with Gasteiger partial charge in [-0.1, -0.05) is 6.07 Å². The lowest BCUT2D eigenvalue weighted by Crippen LogP contribution is -2.29. The van der Waals surface area contributed by atoms with Crippen molar-refractivity contribution in [1.82, 2.24) is 14.8 Å². The number of carbonyl (C=O) groups excluding carboxylic acids is 3. The van der Waals surface area contributed by atoms with Gasteiger partial charge in [-0.05, 0) is 37.5 Å². The first-order valence-corrected chi connectivity index (χ1v) is 8.70. The van der Waals surface area contributed by atoms with E-state index in [2.05, 4.69) is 5.32 Å². The molecule has 0 radical (unpaired) electrons. The Bertz CT molecular complexity index is 1060. The van der Waals surface area contributed by atoms with Gasteiger partial charge in [0.15, 0.2) is 0 Å². The smallest absolute Gasteiger partial charge is 0.262 e. The van der Waals surface area contributed by atoms with Gasteiger partial charge in [0.05, 0.1) is 16.8 Å². The zero-order chi connectivity index (χ0) is 19.3. The topological polar surface area (TPSA) is 114 Å². The van der Waals surface area contributed by atoms with Gasteiger partial charge in [-0.2, -0.15) is 0 Å². The highest BCUT2D eigenvalue weighted by Crippen LogP contribution is 2.26. The van der Waals surface area contributed by atoms with E-state index in [1.807, 2.05) is 0 Å². The summed E-state index contributed by atoms with van der Waals surface area (Å²) >= 11 is 0. The van der Waals surface area contributed by atoms with Crippen LogP contribution in [0.15, 0.2) is 29.1 Å². The van der Waals surface area contributed by atoms with Crippen LogP contribution >= 0.6 is 0 Å². The number of anilines is 1. The van der Waals surface area contributed by atoms with Crippen LogP contribution < -0.4 is 16.6 Å². The molecule has 2 aromatic rings. The predicted molar refractivity (Wildman–Crippen MR) is 98.1 cm³/mol. The Morgan fingerprint density at radius 2 is 1.81 bits per heavy atom. The summed E-state index contributed by atoms with van der Waals surface area (Å²) in [4.78, 5) is 51.1. The summed E-state index contributed by atoms with van der Waals surface area (Å²) in [6.45, 7) is 3.17. The summed E-state index contributed by atoms with van der Waals surface area (Å²) in [6, 6.07) is 6.15. The second-order valence-electron chi connectivity index (χ2n) is 6.72. The number of fused-ring (bicyclic) bond motifs is 1. The molecule has 0 bridgehead atoms. The fourth-order valence-corrected chi connectivity index (χ4v) is 3.72. The van der Waals surface area contributed by atoms with E-state index in [9.17, 15) is 19.2 Å². The molecule has 1 fully saturated rings. The number of rotatable bonds is 2. The number of aromatic nitrogens is 1. The Morgan fingerprint density at radius 3 is 2.52 bits per heavy atom. The number of nitrogens with one attached hydrogen (secondary N) is 1. The second-order valence-corrected chi connectivity index (χ2v) is 6.72. The van der Waals surface area contributed by atoms with Crippen LogP contribution in [0.2, 0.25) is 0 Å². The maximum Gasteiger partial charge on any atom is 0.262 e. The van der Waals surface area contributed by atoms with E-state index < -0.39 is 17.4 Å². The fraction of sp³-hybridized carbons (Fsp3) is 0.263. The Hall–Kier alpha value is -3.42. The lowest BCUT2D eigenvalue weighted by molar-refractivity contribution is 0.0790. The Kier molecular flexibility index (Phi) is 3.83. The standard InChI is InChI=1S/C19H18N4O4/c1-10-11(19(27)22-7-2-3-8-22)5-4-6-13(10)23-14(24)9-12-15(16(23)20)18(26)21-17(12)25/h4-6,9H,2-3,7-8,20H2,1H3,(H,21,25,26). The number of carbonyl (C=O) groups is 3. The number of benzene rings is 1. The van der Waals surface area contributed by atoms with Gasteiger partial charge in [-0.3, -0.25) is 29.1 Å². The number of nitrogen functional groups attached to an aromatic ring is 1. The van der Waals surface area contributed by atoms with Crippen LogP contribution in [-0.2, 0) is 0 Å². The third kappa shape index (κ3) is 2.52. The zero-order valence-electron chi connectivity index (χ0n) is 14.7. The minimum atomic E-state index is -0.638. The molecule has 0 aliphatic carbocycles. The van der Waals surface area contributed by atoms with Crippen molar-refractivity contribution in [3.05, 3.63) is 56.9 Å². The van der Waals surface area contributed by atoms with Gasteiger partial charge in [0.1, 0.15) is 5.82 Å². The van der Waals surface area contributed by atoms with Crippen molar-refractivity contribution in [3.8, 4) is 5.69 Å². The summed E-state index contributed by atoms with van der Waals surface area (Å²) in [5.74, 6) is -1.48. The van der Waals surface area contributed by atoms with Crippen molar-refractivity contribution < 1.29 is 14.4 Å². The third-order valence-electron chi connectivity index (χ3n) is 5.12. The maximum absolute atomic E-state index is 12.8. The summed E-state index contributed by atoms with van der Waals surface area (Å²) in [5, 5.41) is 2.14. The molecule has 3 heterocycles. The van der Waals surface area contributed by atoms with Gasteiger partial charge in [-0.25, -0.2) is 0 Å². The normalized spacial score (nSPS) is 15.8. The molecule has 8 nitrogen and oxygen atoms in total. The summed E-state index contributed by atoms with van der Waals surface area (Å²) < 4.78 is 1.17. The molecule has 4 rings (SSSR count). The number of imide groups is 1. The molecule has 138 valence electrons. The van der Waals surface area contributed by atoms with Crippen molar-refractivity contribution in [2.75, 3.05) is 18.8 Å². The molecule has 1 aromatic heterocycles. The zero-order valence-corrected chi connectivity index (χ0v) is 14.7. The van der Waals surface area contributed by atoms with Crippen LogP contribution in [0.25, 0.3) is 5.69 Å². The minimum absolute atomic E-state index is 0.0183. The Morgan fingerprint density at radius 1 is 1.11 bits per heavy atom. The first-order valence-electron chi connectivity index (χ1n) is 8.70. The molecule has 2 aliphatic rings. The van der Waals surface area contributed by atoms with E-state index in [0.29, 0.717) is 29.9 Å². The number of pyridine rings is 1. The van der Waals surface area contributed by atoms with Crippen molar-refractivity contribution in [2.45, 2.75) is 19.8 Å². The predicted octanol–water partition coefficient (Wildman–Crippen LogP) is 0.848. The Balaban J connectivity index is 1.88. The lowest BCUT2D eigenvalue weighted by atomic mass is 10.0. The van der Waals surface area contributed by atoms with Crippen LogP contribution in [-0.4, -0.2) is 40.3 Å². The molecule has 1 aromatic carbocycles. The van der Waals surface area contributed by atoms with Crippen LogP contribution in [0.3, 0.4) is 0 Å². The van der Waals surface area contributed by atoms with E-state index in [1.54, 1.807) is 30.0 Å². The molecular weight excluding hydrogens is 348 g/mol. The molecule has 27 heavy (non-hydrogen) atoms. The molecule has 0 spiro atoms. The number of hydrogen-bond acceptors (Lipinski definition) is 5. The molecule has 3 amide bonds. The van der Waals surface area contributed by atoms with Crippen molar-refractivity contribution in [2.24, 2.45) is 0 Å². The van der Waals surface area contributed by atoms with Crippen molar-refractivity contribution >= 4 is 23.5 Å². The van der Waals surface area contributed by atoms with E-state index in [-0.39, 0.29) is 22.9 Å². The molecule has 0 saturated carbocycles. The molecule has 0 unspecified atom stereocenters. The largest absolute Gasteiger partial charge is 0.384 e. The average Bonchev–Trinajstić information content (AvgIpc) is 3.25. The summed E-state index contributed by atoms with van der Waals surface area (Å²) in [5.41, 5.74) is 7.00. The average molecular weight is 366 g/mol. The van der Waals surface area contributed by atoms with Gasteiger partial charge >= 0.3 is 0 Å². The number of amides is 3. The molecule has 8 heteroatoms. The van der Waals surface area contributed by atoms with E-state index in [1.165, 1.54) is 4.57 Å². The van der Waals surface area contributed by atoms with E-state index in [4.69, 9.17) is 5.73 Å². The molecular formula is C19H18N4O4. The van der Waals surface area contributed by atoms with Gasteiger partial charge < -0.3 is 10.6 Å². The van der Waals surface area contributed by atoms with Crippen LogP contribution in [0.4, 0.5) is 5.82 Å². The molecule has 0 atom stereocenters. The van der Waals surface area contributed by atoms with Gasteiger partial charge in [0.25, 0.3) is 23.3 Å². The summed E-state index contributed by atoms with van der Waals surface area (Å²) in [7, 11) is 0. The van der Waals surface area contributed by atoms with Crippen LogP contribution in [0.5, 0.6) is 0 Å². The minimum Gasteiger partial charge on any atom is -0.384 e. The highest BCUT2D eigenvalue weighted by molar-refractivity contribution is 6.23. The lowest BCUT2D eigenvalue weighted by Gasteiger charge is -2.19. The van der Waals surface area contributed by atoms with Crippen molar-refractivity contribution in [3.63, 3.8) is 0 Å². The number of hydrogen-bond donors (Lipinski definition) is 2. The molecule has 2 aliphatic heterocycles. The van der Waals surface area contributed by atoms with Crippen LogP contribution in [0, 0.1) is 6.92 Å². The second kappa shape index (κ2) is 6.08. The highest BCUT2D eigenvalue weighted by atomic mass is 16.2. The Labute approximate surface area is 154 Å². The first-order chi connectivity index (χ1) is 12.9. The van der Waals surface area contributed by atoms with Gasteiger partial charge in [-0.15, -0.1) is 0 Å². The number of nitrogens with two attached hydrogens (primary N) is 1. The number of nitrogens with zero attached hydrogens (tertiary/aromatic N) is 2. The number of likely N-dealkylation sites (tertiary alicyclic amines) is 1. The monoisotopic (exact) mass is 366 g/mol. The quantitative estimate of drug-likeness (QED) is 0.765. The molecule has 3 N–H and O–H groups in total. The highest BCUT2D eigenvalue weighted by Gasteiger charge is 2.32. The van der Waals surface area contributed by atoms with Crippen LogP contribution in [0.1, 0.15) is 49.5 Å². The maximum atomic E-state index is 12.8. The van der Waals surface area contributed by atoms with E-state index >= 15 is 0 Å².